The van der Waals surface area contributed by atoms with Gasteiger partial charge in [0.05, 0.1) is 29.5 Å². The average Bonchev–Trinajstić information content (AvgIpc) is 3.04. The Morgan fingerprint density at radius 1 is 0.636 bits per heavy atom. The number of benzene rings is 2. The van der Waals surface area contributed by atoms with Crippen molar-refractivity contribution < 1.29 is 18.3 Å². The van der Waals surface area contributed by atoms with Crippen molar-refractivity contribution in [3.63, 3.8) is 0 Å². The van der Waals surface area contributed by atoms with Crippen LogP contribution in [-0.4, -0.2) is 56.6 Å². The first-order valence-electron chi connectivity index (χ1n) is 16.5. The van der Waals surface area contributed by atoms with Crippen molar-refractivity contribution >= 4 is 40.2 Å². The minimum atomic E-state index is -2.15. The van der Waals surface area contributed by atoms with Crippen molar-refractivity contribution in [2.75, 3.05) is 11.5 Å². The van der Waals surface area contributed by atoms with Gasteiger partial charge in [-0.1, -0.05) is 102 Å². The lowest BCUT2D eigenvalue weighted by Gasteiger charge is -2.44. The predicted molar refractivity (Wildman–Crippen MR) is 196 cm³/mol. The monoisotopic (exact) mass is 674 g/mol. The van der Waals surface area contributed by atoms with E-state index in [-0.39, 0.29) is 38.6 Å². The van der Waals surface area contributed by atoms with Crippen LogP contribution in [0.5, 0.6) is 0 Å². The smallest absolute Gasteiger partial charge is 0.192 e. The Morgan fingerprint density at radius 3 is 1.34 bits per heavy atom. The van der Waals surface area contributed by atoms with Gasteiger partial charge in [-0.15, -0.1) is 23.5 Å². The Labute approximate surface area is 279 Å². The average molecular weight is 675 g/mol. The van der Waals surface area contributed by atoms with Gasteiger partial charge in [0.1, 0.15) is 12.2 Å². The van der Waals surface area contributed by atoms with E-state index in [1.54, 1.807) is 0 Å². The fraction of sp³-hybridized carbons (Fsp3) is 0.667. The van der Waals surface area contributed by atoms with Crippen LogP contribution < -0.4 is 0 Å². The molecule has 8 heteroatoms. The van der Waals surface area contributed by atoms with Gasteiger partial charge in [-0.3, -0.25) is 0 Å². The number of ether oxygens (including phenoxy) is 2. The van der Waals surface area contributed by atoms with E-state index in [0.717, 1.165) is 12.8 Å². The molecule has 4 rings (SSSR count). The van der Waals surface area contributed by atoms with Crippen LogP contribution in [0.25, 0.3) is 0 Å². The van der Waals surface area contributed by atoms with Gasteiger partial charge in [0.2, 0.25) is 0 Å². The van der Waals surface area contributed by atoms with Crippen molar-refractivity contribution in [1.82, 2.24) is 0 Å². The zero-order chi connectivity index (χ0) is 32.2. The van der Waals surface area contributed by atoms with E-state index in [4.69, 9.17) is 18.3 Å². The number of thioether (sulfide) groups is 2. The predicted octanol–water partition coefficient (Wildman–Crippen LogP) is 10.3. The van der Waals surface area contributed by atoms with Gasteiger partial charge in [0.25, 0.3) is 0 Å². The van der Waals surface area contributed by atoms with E-state index < -0.39 is 16.6 Å². The molecule has 2 aromatic carbocycles. The Balaban J connectivity index is 1.81. The van der Waals surface area contributed by atoms with E-state index >= 15 is 0 Å². The summed E-state index contributed by atoms with van der Waals surface area (Å²) < 4.78 is 29.0. The molecule has 1 aliphatic heterocycles. The summed E-state index contributed by atoms with van der Waals surface area (Å²) in [5, 5.41) is 0.168. The molecule has 0 amide bonds. The zero-order valence-corrected chi connectivity index (χ0v) is 32.6. The summed E-state index contributed by atoms with van der Waals surface area (Å²) in [4.78, 5) is 0. The maximum Gasteiger partial charge on any atom is 0.192 e. The van der Waals surface area contributed by atoms with Crippen LogP contribution in [0.4, 0.5) is 0 Å². The first-order chi connectivity index (χ1) is 20.5. The molecule has 2 aliphatic rings. The zero-order valence-electron chi connectivity index (χ0n) is 29.0. The molecule has 2 fully saturated rings. The van der Waals surface area contributed by atoms with Gasteiger partial charge in [-0.25, -0.2) is 0 Å². The maximum atomic E-state index is 7.44. The molecule has 0 aromatic heterocycles. The first-order valence-corrected chi connectivity index (χ1v) is 24.3. The largest absolute Gasteiger partial charge is 0.411 e. The molecule has 1 spiro atoms. The highest BCUT2D eigenvalue weighted by Gasteiger charge is 2.54. The summed E-state index contributed by atoms with van der Waals surface area (Å²) in [6.45, 7) is 24.6. The fourth-order valence-corrected chi connectivity index (χ4v) is 11.6. The van der Waals surface area contributed by atoms with Crippen LogP contribution in [0.3, 0.4) is 0 Å². The summed E-state index contributed by atoms with van der Waals surface area (Å²) in [5.41, 5.74) is 2.34. The van der Waals surface area contributed by atoms with Crippen molar-refractivity contribution in [3.05, 3.63) is 71.8 Å². The lowest BCUT2D eigenvalue weighted by atomic mass is 10.0. The third-order valence-corrected chi connectivity index (χ3v) is 22.6. The fourth-order valence-electron chi connectivity index (χ4n) is 5.47. The minimum Gasteiger partial charge on any atom is -0.411 e. The van der Waals surface area contributed by atoms with Crippen molar-refractivity contribution in [1.29, 1.82) is 0 Å². The molecule has 0 radical (unpaired) electrons. The van der Waals surface area contributed by atoms with Gasteiger partial charge in [0, 0.05) is 0 Å². The van der Waals surface area contributed by atoms with Crippen molar-refractivity contribution in [2.45, 2.75) is 139 Å². The normalized spacial score (nSPS) is 25.1. The SMILES string of the molecule is CC(C)(C)[Si](C)(C)O[C@H]1CC2(C[C@H](O[Si](C)(C)C(C)(C)C)[C@@H](OCc3ccccc3)[C@@H]1OCc1ccccc1)SCCCS2. The lowest BCUT2D eigenvalue weighted by molar-refractivity contribution is -0.153. The molecule has 0 bridgehead atoms. The summed E-state index contributed by atoms with van der Waals surface area (Å²) >= 11 is 4.26. The number of hydrogen-bond donors (Lipinski definition) is 0. The van der Waals surface area contributed by atoms with Crippen molar-refractivity contribution in [2.24, 2.45) is 0 Å². The molecule has 4 atom stereocenters. The Hall–Kier alpha value is -0.586. The second-order valence-electron chi connectivity index (χ2n) is 15.7. The van der Waals surface area contributed by atoms with Gasteiger partial charge < -0.3 is 18.3 Å². The minimum absolute atomic E-state index is 0.0114. The van der Waals surface area contributed by atoms with Crippen LogP contribution in [0.15, 0.2) is 60.7 Å². The third-order valence-electron chi connectivity index (χ3n) is 10.2. The summed E-state index contributed by atoms with van der Waals surface area (Å²) in [6, 6.07) is 21.1. The molecular weight excluding hydrogens is 617 g/mol. The summed E-state index contributed by atoms with van der Waals surface area (Å²) in [5.74, 6) is 2.36. The molecule has 44 heavy (non-hydrogen) atoms. The van der Waals surface area contributed by atoms with E-state index in [0.29, 0.717) is 13.2 Å². The van der Waals surface area contributed by atoms with Crippen LogP contribution in [0.2, 0.25) is 36.3 Å². The van der Waals surface area contributed by atoms with Gasteiger partial charge in [-0.2, -0.15) is 0 Å². The molecule has 0 unspecified atom stereocenters. The summed E-state index contributed by atoms with van der Waals surface area (Å²) in [7, 11) is -4.29. The quantitative estimate of drug-likeness (QED) is 0.234. The topological polar surface area (TPSA) is 36.9 Å². The molecular formula is C36H58O4S2Si2. The molecule has 246 valence electrons. The Bertz CT molecular complexity index is 1070. The number of hydrogen-bond acceptors (Lipinski definition) is 6. The van der Waals surface area contributed by atoms with E-state index in [2.05, 4.69) is 152 Å². The van der Waals surface area contributed by atoms with Gasteiger partial charge >= 0.3 is 0 Å². The van der Waals surface area contributed by atoms with E-state index in [1.165, 1.54) is 29.1 Å². The van der Waals surface area contributed by atoms with Crippen LogP contribution in [0.1, 0.15) is 71.9 Å². The molecule has 0 N–H and O–H groups in total. The Morgan fingerprint density at radius 2 is 1.00 bits per heavy atom. The first kappa shape index (κ1) is 36.3. The number of rotatable bonds is 10. The lowest BCUT2D eigenvalue weighted by Crippen LogP contribution is -2.55. The van der Waals surface area contributed by atoms with Crippen molar-refractivity contribution in [3.8, 4) is 0 Å². The van der Waals surface area contributed by atoms with Crippen LogP contribution in [-0.2, 0) is 31.5 Å². The molecule has 4 nitrogen and oxygen atoms in total. The Kier molecular flexibility index (Phi) is 12.1. The molecule has 1 heterocycles. The third kappa shape index (κ3) is 9.27. The second-order valence-corrected chi connectivity index (χ2v) is 28.5. The maximum absolute atomic E-state index is 7.44. The summed E-state index contributed by atoms with van der Waals surface area (Å²) in [6.07, 6.45) is 2.43. The van der Waals surface area contributed by atoms with E-state index in [1.807, 2.05) is 0 Å². The van der Waals surface area contributed by atoms with Gasteiger partial charge in [-0.05, 0) is 78.2 Å². The highest BCUT2D eigenvalue weighted by molar-refractivity contribution is 8.18. The van der Waals surface area contributed by atoms with Gasteiger partial charge in [0.15, 0.2) is 16.6 Å². The highest BCUT2D eigenvalue weighted by atomic mass is 32.2. The highest BCUT2D eigenvalue weighted by Crippen LogP contribution is 2.54. The molecule has 1 saturated carbocycles. The van der Waals surface area contributed by atoms with Crippen LogP contribution in [0, 0.1) is 0 Å². The molecule has 2 aromatic rings. The standard InChI is InChI=1S/C36H58O4S2Si2/c1-34(2,3)43(7,8)39-30-24-36(41-22-17-23-42-36)25-31(40-44(9,10)35(4,5)6)33(38-27-29-20-15-12-16-21-29)32(30)37-26-28-18-13-11-14-19-28/h11-16,18-21,30-33H,17,22-27H2,1-10H3/t30-,31-,32+,33+/m0/s1. The molecule has 1 aliphatic carbocycles. The van der Waals surface area contributed by atoms with Crippen LogP contribution >= 0.6 is 23.5 Å². The molecule has 1 saturated heterocycles. The van der Waals surface area contributed by atoms with E-state index in [9.17, 15) is 0 Å². The second kappa shape index (κ2) is 14.7.